The van der Waals surface area contributed by atoms with Crippen LogP contribution in [-0.2, 0) is 10.8 Å². The molecule has 0 saturated carbocycles. The van der Waals surface area contributed by atoms with Crippen molar-refractivity contribution in [1.29, 1.82) is 0 Å². The molecule has 0 bridgehead atoms. The van der Waals surface area contributed by atoms with Crippen molar-refractivity contribution in [2.75, 3.05) is 0 Å². The first kappa shape index (κ1) is 39.2. The average Bonchev–Trinajstić information content (AvgIpc) is 3.92. The summed E-state index contributed by atoms with van der Waals surface area (Å²) in [6, 6.07) is 77.7. The molecule has 0 N–H and O–H groups in total. The molecular formula is C64H47N3. The van der Waals surface area contributed by atoms with Crippen LogP contribution in [0.15, 0.2) is 212 Å². The fraction of sp³-hybridized carbons (Fsp3) is 0.0938. The van der Waals surface area contributed by atoms with E-state index in [0.717, 1.165) is 50.5 Å². The Kier molecular flexibility index (Phi) is 8.60. The van der Waals surface area contributed by atoms with Gasteiger partial charge >= 0.3 is 0 Å². The molecule has 13 rings (SSSR count). The Morgan fingerprint density at radius 2 is 0.791 bits per heavy atom. The highest BCUT2D eigenvalue weighted by atomic mass is 15.0. The topological polar surface area (TPSA) is 30.7 Å². The molecule has 0 fully saturated rings. The third-order valence-electron chi connectivity index (χ3n) is 14.8. The molecule has 0 spiro atoms. The summed E-state index contributed by atoms with van der Waals surface area (Å²) in [4.78, 5) is 10.9. The molecule has 0 amide bonds. The van der Waals surface area contributed by atoms with Crippen LogP contribution in [0.5, 0.6) is 0 Å². The SMILES string of the molecule is CC1(C)c2ccccc2-c2ccc(-c3cc(-c4ccc5c(c4)c4ccccc4n5-c4ccccc4)cc(-c4nc(-c5ccccc5)cc(-c5ccc6c(c5)C(C)(C)c5ccccc5-6)n4)c3)cc21. The Hall–Kier alpha value is -8.14. The van der Waals surface area contributed by atoms with Crippen LogP contribution in [0.1, 0.15) is 49.9 Å². The largest absolute Gasteiger partial charge is 0.309 e. The molecule has 2 aliphatic carbocycles. The van der Waals surface area contributed by atoms with Crippen molar-refractivity contribution in [2.45, 2.75) is 38.5 Å². The van der Waals surface area contributed by atoms with E-state index < -0.39 is 0 Å². The minimum Gasteiger partial charge on any atom is -0.309 e. The van der Waals surface area contributed by atoms with Crippen molar-refractivity contribution in [1.82, 2.24) is 14.5 Å². The van der Waals surface area contributed by atoms with Crippen molar-refractivity contribution in [2.24, 2.45) is 0 Å². The van der Waals surface area contributed by atoms with Gasteiger partial charge in [-0.2, -0.15) is 0 Å². The number of fused-ring (bicyclic) bond motifs is 9. The van der Waals surface area contributed by atoms with Crippen LogP contribution in [-0.4, -0.2) is 14.5 Å². The van der Waals surface area contributed by atoms with Crippen LogP contribution >= 0.6 is 0 Å². The fourth-order valence-electron chi connectivity index (χ4n) is 11.3. The van der Waals surface area contributed by atoms with Gasteiger partial charge in [-0.05, 0) is 133 Å². The Labute approximate surface area is 391 Å². The van der Waals surface area contributed by atoms with Gasteiger partial charge in [0.05, 0.1) is 22.4 Å². The predicted molar refractivity (Wildman–Crippen MR) is 279 cm³/mol. The lowest BCUT2D eigenvalue weighted by atomic mass is 9.81. The molecule has 0 radical (unpaired) electrons. The monoisotopic (exact) mass is 857 g/mol. The maximum absolute atomic E-state index is 5.51. The summed E-state index contributed by atoms with van der Waals surface area (Å²) >= 11 is 0. The van der Waals surface area contributed by atoms with E-state index in [0.29, 0.717) is 5.82 Å². The highest BCUT2D eigenvalue weighted by Crippen LogP contribution is 2.51. The van der Waals surface area contributed by atoms with Crippen molar-refractivity contribution in [3.8, 4) is 84.1 Å². The number of aromatic nitrogens is 3. The van der Waals surface area contributed by atoms with E-state index >= 15 is 0 Å². The van der Waals surface area contributed by atoms with Gasteiger partial charge in [0, 0.05) is 44.0 Å². The summed E-state index contributed by atoms with van der Waals surface area (Å²) in [5.41, 5.74) is 23.3. The third-order valence-corrected chi connectivity index (χ3v) is 14.8. The number of rotatable bonds is 6. The van der Waals surface area contributed by atoms with Gasteiger partial charge in [-0.3, -0.25) is 0 Å². The smallest absolute Gasteiger partial charge is 0.160 e. The van der Waals surface area contributed by atoms with Gasteiger partial charge in [0.15, 0.2) is 5.82 Å². The maximum Gasteiger partial charge on any atom is 0.160 e. The van der Waals surface area contributed by atoms with Gasteiger partial charge in [0.25, 0.3) is 0 Å². The number of para-hydroxylation sites is 2. The minimum atomic E-state index is -0.135. The van der Waals surface area contributed by atoms with Gasteiger partial charge in [-0.1, -0.05) is 173 Å². The van der Waals surface area contributed by atoms with Crippen LogP contribution in [0.2, 0.25) is 0 Å². The van der Waals surface area contributed by atoms with Crippen molar-refractivity contribution in [3.63, 3.8) is 0 Å². The molecule has 2 aromatic heterocycles. The minimum absolute atomic E-state index is 0.131. The second-order valence-corrected chi connectivity index (χ2v) is 19.4. The summed E-state index contributed by atoms with van der Waals surface area (Å²) in [5, 5.41) is 2.44. The van der Waals surface area contributed by atoms with E-state index in [1.54, 1.807) is 0 Å². The van der Waals surface area contributed by atoms with Gasteiger partial charge in [-0.25, -0.2) is 9.97 Å². The molecule has 0 unspecified atom stereocenters. The van der Waals surface area contributed by atoms with Gasteiger partial charge in [-0.15, -0.1) is 0 Å². The molecule has 3 heteroatoms. The van der Waals surface area contributed by atoms with Gasteiger partial charge in [0.1, 0.15) is 0 Å². The first-order chi connectivity index (χ1) is 32.7. The van der Waals surface area contributed by atoms with Crippen molar-refractivity contribution in [3.05, 3.63) is 235 Å². The molecule has 2 heterocycles. The third kappa shape index (κ3) is 6.11. The Morgan fingerprint density at radius 1 is 0.313 bits per heavy atom. The molecule has 0 atom stereocenters. The van der Waals surface area contributed by atoms with Crippen LogP contribution < -0.4 is 0 Å². The zero-order chi connectivity index (χ0) is 45.0. The summed E-state index contributed by atoms with van der Waals surface area (Å²) in [6.07, 6.45) is 0. The van der Waals surface area contributed by atoms with Crippen molar-refractivity contribution < 1.29 is 0 Å². The molecule has 9 aromatic carbocycles. The second-order valence-electron chi connectivity index (χ2n) is 19.4. The molecule has 3 nitrogen and oxygen atoms in total. The zero-order valence-electron chi connectivity index (χ0n) is 38.0. The first-order valence-electron chi connectivity index (χ1n) is 23.4. The van der Waals surface area contributed by atoms with E-state index in [2.05, 4.69) is 245 Å². The molecule has 11 aromatic rings. The Bertz CT molecular complexity index is 3800. The lowest BCUT2D eigenvalue weighted by molar-refractivity contribution is 0.660. The maximum atomic E-state index is 5.51. The van der Waals surface area contributed by atoms with Gasteiger partial charge < -0.3 is 4.57 Å². The van der Waals surface area contributed by atoms with E-state index in [1.165, 1.54) is 71.9 Å². The summed E-state index contributed by atoms with van der Waals surface area (Å²) in [6.45, 7) is 9.39. The molecule has 2 aliphatic rings. The van der Waals surface area contributed by atoms with E-state index in [4.69, 9.17) is 9.97 Å². The quantitative estimate of drug-likeness (QED) is 0.167. The Balaban J connectivity index is 1.03. The summed E-state index contributed by atoms with van der Waals surface area (Å²) < 4.78 is 2.38. The molecular weight excluding hydrogens is 811 g/mol. The highest BCUT2D eigenvalue weighted by Gasteiger charge is 2.36. The van der Waals surface area contributed by atoms with E-state index in [1.807, 2.05) is 0 Å². The number of hydrogen-bond donors (Lipinski definition) is 0. The Morgan fingerprint density at radius 3 is 1.46 bits per heavy atom. The van der Waals surface area contributed by atoms with Crippen LogP contribution in [0, 0.1) is 0 Å². The standard InChI is InChI=1S/C64H47N3/c1-63(2)54-24-14-11-21-48(54)50-30-27-42(37-56(50)63)45-33-44(41-29-32-61-53(36-41)52-23-13-16-26-60(52)67(61)47-19-9-6-10-20-47)34-46(35-45)62-65-58(40-17-7-5-8-18-40)39-59(66-62)43-28-31-51-49-22-12-15-25-55(49)64(3,4)57(51)38-43/h5-39H,1-4H3. The van der Waals surface area contributed by atoms with Crippen molar-refractivity contribution >= 4 is 21.8 Å². The lowest BCUT2D eigenvalue weighted by Crippen LogP contribution is -2.15. The number of benzene rings is 9. The number of nitrogens with zero attached hydrogens (tertiary/aromatic N) is 3. The van der Waals surface area contributed by atoms with Crippen LogP contribution in [0.4, 0.5) is 0 Å². The molecule has 318 valence electrons. The highest BCUT2D eigenvalue weighted by molar-refractivity contribution is 6.10. The second kappa shape index (κ2) is 14.7. The van der Waals surface area contributed by atoms with E-state index in [9.17, 15) is 0 Å². The average molecular weight is 858 g/mol. The normalized spacial score (nSPS) is 13.9. The molecule has 0 saturated heterocycles. The molecule has 0 aliphatic heterocycles. The van der Waals surface area contributed by atoms with Crippen LogP contribution in [0.25, 0.3) is 106 Å². The van der Waals surface area contributed by atoms with Gasteiger partial charge in [0.2, 0.25) is 0 Å². The predicted octanol–water partition coefficient (Wildman–Crippen LogP) is 16.5. The summed E-state index contributed by atoms with van der Waals surface area (Å²) in [7, 11) is 0. The van der Waals surface area contributed by atoms with Crippen LogP contribution in [0.3, 0.4) is 0 Å². The molecule has 67 heavy (non-hydrogen) atoms. The van der Waals surface area contributed by atoms with E-state index in [-0.39, 0.29) is 10.8 Å². The summed E-state index contributed by atoms with van der Waals surface area (Å²) in [5.74, 6) is 0.693. The zero-order valence-corrected chi connectivity index (χ0v) is 38.0. The first-order valence-corrected chi connectivity index (χ1v) is 23.4. The number of hydrogen-bond acceptors (Lipinski definition) is 2. The lowest BCUT2D eigenvalue weighted by Gasteiger charge is -2.22. The fourth-order valence-corrected chi connectivity index (χ4v) is 11.3.